The number of amides is 2. The minimum Gasteiger partial charge on any atom is -0.491 e. The number of methoxy groups -OCH3 is 1. The summed E-state index contributed by atoms with van der Waals surface area (Å²) in [6.45, 7) is 5.81. The third-order valence-electron chi connectivity index (χ3n) is 3.77. The SMILES string of the molecule is COCCOc1ccc(CNC(=O)Nc2ccc(C(C)C)cc2)cc1. The molecule has 134 valence electrons. The largest absolute Gasteiger partial charge is 0.491 e. The molecule has 0 heterocycles. The number of ether oxygens (including phenoxy) is 2. The second kappa shape index (κ2) is 9.69. The van der Waals surface area contributed by atoms with Crippen LogP contribution in [0, 0.1) is 0 Å². The van der Waals surface area contributed by atoms with Gasteiger partial charge in [0.25, 0.3) is 0 Å². The van der Waals surface area contributed by atoms with Crippen LogP contribution < -0.4 is 15.4 Å². The van der Waals surface area contributed by atoms with Crippen molar-refractivity contribution in [2.45, 2.75) is 26.3 Å². The molecule has 2 amide bonds. The summed E-state index contributed by atoms with van der Waals surface area (Å²) in [6.07, 6.45) is 0. The molecule has 0 saturated heterocycles. The predicted octanol–water partition coefficient (Wildman–Crippen LogP) is 4.16. The smallest absolute Gasteiger partial charge is 0.319 e. The first-order chi connectivity index (χ1) is 12.1. The Bertz CT molecular complexity index is 652. The zero-order valence-corrected chi connectivity index (χ0v) is 15.0. The highest BCUT2D eigenvalue weighted by atomic mass is 16.5. The maximum absolute atomic E-state index is 12.0. The number of rotatable bonds is 8. The number of urea groups is 1. The Morgan fingerprint density at radius 3 is 2.28 bits per heavy atom. The minimum absolute atomic E-state index is 0.224. The molecule has 2 N–H and O–H groups in total. The summed E-state index contributed by atoms with van der Waals surface area (Å²) in [5, 5.41) is 5.68. The molecule has 0 aliphatic rings. The summed E-state index contributed by atoms with van der Waals surface area (Å²) >= 11 is 0. The van der Waals surface area contributed by atoms with E-state index >= 15 is 0 Å². The van der Waals surface area contributed by atoms with E-state index in [0.29, 0.717) is 25.7 Å². The van der Waals surface area contributed by atoms with Crippen LogP contribution in [0.25, 0.3) is 0 Å². The molecule has 0 atom stereocenters. The Balaban J connectivity index is 1.77. The molecule has 0 aliphatic carbocycles. The van der Waals surface area contributed by atoms with Crippen LogP contribution in [0.1, 0.15) is 30.9 Å². The molecule has 0 radical (unpaired) electrons. The average Bonchev–Trinajstić information content (AvgIpc) is 2.62. The number of hydrogen-bond acceptors (Lipinski definition) is 3. The van der Waals surface area contributed by atoms with Crippen LogP contribution in [-0.4, -0.2) is 26.4 Å². The summed E-state index contributed by atoms with van der Waals surface area (Å²) in [5.41, 5.74) is 3.03. The number of carbonyl (C=O) groups excluding carboxylic acids is 1. The van der Waals surface area contributed by atoms with E-state index < -0.39 is 0 Å². The van der Waals surface area contributed by atoms with Gasteiger partial charge in [-0.1, -0.05) is 38.1 Å². The van der Waals surface area contributed by atoms with Crippen molar-refractivity contribution in [1.82, 2.24) is 5.32 Å². The van der Waals surface area contributed by atoms with Crippen molar-refractivity contribution in [2.24, 2.45) is 0 Å². The second-order valence-electron chi connectivity index (χ2n) is 6.07. The van der Waals surface area contributed by atoms with E-state index in [1.165, 1.54) is 5.56 Å². The van der Waals surface area contributed by atoms with Crippen molar-refractivity contribution in [3.63, 3.8) is 0 Å². The lowest BCUT2D eigenvalue weighted by Gasteiger charge is -2.10. The Labute approximate surface area is 149 Å². The van der Waals surface area contributed by atoms with E-state index in [-0.39, 0.29) is 6.03 Å². The van der Waals surface area contributed by atoms with Gasteiger partial charge in [-0.25, -0.2) is 4.79 Å². The number of carbonyl (C=O) groups is 1. The van der Waals surface area contributed by atoms with Gasteiger partial charge in [-0.05, 0) is 41.3 Å². The van der Waals surface area contributed by atoms with Gasteiger partial charge in [0, 0.05) is 19.3 Å². The van der Waals surface area contributed by atoms with Crippen molar-refractivity contribution in [3.8, 4) is 5.75 Å². The summed E-state index contributed by atoms with van der Waals surface area (Å²) in [6, 6.07) is 15.3. The maximum atomic E-state index is 12.0. The third kappa shape index (κ3) is 6.47. The molecular formula is C20H26N2O3. The van der Waals surface area contributed by atoms with E-state index in [4.69, 9.17) is 9.47 Å². The first kappa shape index (κ1) is 18.8. The molecule has 0 unspecified atom stereocenters. The lowest BCUT2D eigenvalue weighted by molar-refractivity contribution is 0.146. The van der Waals surface area contributed by atoms with Gasteiger partial charge in [0.1, 0.15) is 12.4 Å². The lowest BCUT2D eigenvalue weighted by Crippen LogP contribution is -2.28. The first-order valence-electron chi connectivity index (χ1n) is 8.44. The van der Waals surface area contributed by atoms with Crippen LogP contribution in [0.3, 0.4) is 0 Å². The predicted molar refractivity (Wildman–Crippen MR) is 100 cm³/mol. The number of nitrogens with one attached hydrogen (secondary N) is 2. The quantitative estimate of drug-likeness (QED) is 0.708. The van der Waals surface area contributed by atoms with Gasteiger partial charge in [0.05, 0.1) is 6.61 Å². The molecule has 0 fully saturated rings. The zero-order valence-electron chi connectivity index (χ0n) is 15.0. The summed E-state index contributed by atoms with van der Waals surface area (Å²) in [7, 11) is 1.64. The summed E-state index contributed by atoms with van der Waals surface area (Å²) < 4.78 is 10.4. The third-order valence-corrected chi connectivity index (χ3v) is 3.77. The van der Waals surface area contributed by atoms with Crippen LogP contribution >= 0.6 is 0 Å². The van der Waals surface area contributed by atoms with E-state index in [2.05, 4.69) is 24.5 Å². The average molecular weight is 342 g/mol. The lowest BCUT2D eigenvalue weighted by atomic mass is 10.0. The molecule has 0 aliphatic heterocycles. The Hall–Kier alpha value is -2.53. The molecule has 25 heavy (non-hydrogen) atoms. The highest BCUT2D eigenvalue weighted by molar-refractivity contribution is 5.89. The van der Waals surface area contributed by atoms with E-state index in [1.54, 1.807) is 7.11 Å². The fourth-order valence-corrected chi connectivity index (χ4v) is 2.26. The normalized spacial score (nSPS) is 10.6. The highest BCUT2D eigenvalue weighted by Crippen LogP contribution is 2.17. The number of hydrogen-bond donors (Lipinski definition) is 2. The van der Waals surface area contributed by atoms with Crippen LogP contribution in [0.5, 0.6) is 5.75 Å². The molecule has 0 bridgehead atoms. The molecule has 2 aromatic rings. The van der Waals surface area contributed by atoms with Crippen molar-refractivity contribution in [2.75, 3.05) is 25.6 Å². The van der Waals surface area contributed by atoms with Crippen molar-refractivity contribution in [3.05, 3.63) is 59.7 Å². The van der Waals surface area contributed by atoms with Gasteiger partial charge in [-0.2, -0.15) is 0 Å². The van der Waals surface area contributed by atoms with Crippen LogP contribution in [0.2, 0.25) is 0 Å². The minimum atomic E-state index is -0.224. The van der Waals surface area contributed by atoms with Gasteiger partial charge in [0.2, 0.25) is 0 Å². The number of benzene rings is 2. The second-order valence-corrected chi connectivity index (χ2v) is 6.07. The Morgan fingerprint density at radius 2 is 1.68 bits per heavy atom. The standard InChI is InChI=1S/C20H26N2O3/c1-15(2)17-6-8-18(9-7-17)22-20(23)21-14-16-4-10-19(11-5-16)25-13-12-24-3/h4-11,15H,12-14H2,1-3H3,(H2,21,22,23). The topological polar surface area (TPSA) is 59.6 Å². The fraction of sp³-hybridized carbons (Fsp3) is 0.350. The molecule has 0 saturated carbocycles. The van der Waals surface area contributed by atoms with E-state index in [1.807, 2.05) is 48.5 Å². The van der Waals surface area contributed by atoms with Gasteiger partial charge < -0.3 is 20.1 Å². The monoisotopic (exact) mass is 342 g/mol. The van der Waals surface area contributed by atoms with Crippen LogP contribution in [0.15, 0.2) is 48.5 Å². The number of anilines is 1. The van der Waals surface area contributed by atoms with Gasteiger partial charge >= 0.3 is 6.03 Å². The Kier molecular flexibility index (Phi) is 7.29. The first-order valence-corrected chi connectivity index (χ1v) is 8.44. The molecule has 2 rings (SSSR count). The molecule has 0 spiro atoms. The van der Waals surface area contributed by atoms with Crippen molar-refractivity contribution in [1.29, 1.82) is 0 Å². The van der Waals surface area contributed by atoms with Crippen molar-refractivity contribution >= 4 is 11.7 Å². The molecule has 5 heteroatoms. The zero-order chi connectivity index (χ0) is 18.1. The van der Waals surface area contributed by atoms with Crippen molar-refractivity contribution < 1.29 is 14.3 Å². The van der Waals surface area contributed by atoms with E-state index in [9.17, 15) is 4.79 Å². The van der Waals surface area contributed by atoms with Crippen LogP contribution in [0.4, 0.5) is 10.5 Å². The van der Waals surface area contributed by atoms with E-state index in [0.717, 1.165) is 17.0 Å². The molecule has 0 aromatic heterocycles. The van der Waals surface area contributed by atoms with Gasteiger partial charge in [0.15, 0.2) is 0 Å². The van der Waals surface area contributed by atoms with Gasteiger partial charge in [-0.3, -0.25) is 0 Å². The maximum Gasteiger partial charge on any atom is 0.319 e. The Morgan fingerprint density at radius 1 is 1.00 bits per heavy atom. The molecule has 5 nitrogen and oxygen atoms in total. The fourth-order valence-electron chi connectivity index (χ4n) is 2.26. The summed E-state index contributed by atoms with van der Waals surface area (Å²) in [5.74, 6) is 1.26. The molecular weight excluding hydrogens is 316 g/mol. The highest BCUT2D eigenvalue weighted by Gasteiger charge is 2.04. The molecule has 2 aromatic carbocycles. The summed E-state index contributed by atoms with van der Waals surface area (Å²) in [4.78, 5) is 12.0. The van der Waals surface area contributed by atoms with Gasteiger partial charge in [-0.15, -0.1) is 0 Å². The van der Waals surface area contributed by atoms with Crippen LogP contribution in [-0.2, 0) is 11.3 Å².